The number of carbonyl (C=O) groups is 2. The number of aliphatic hydroxyl groups is 1. The molecule has 0 unspecified atom stereocenters. The van der Waals surface area contributed by atoms with Crippen molar-refractivity contribution in [3.63, 3.8) is 0 Å². The van der Waals surface area contributed by atoms with E-state index in [1.807, 2.05) is 0 Å². The normalized spacial score (nSPS) is 9.94. The summed E-state index contributed by atoms with van der Waals surface area (Å²) in [5.41, 5.74) is -0.0287. The summed E-state index contributed by atoms with van der Waals surface area (Å²) >= 11 is 0. The van der Waals surface area contributed by atoms with Crippen LogP contribution in [0.25, 0.3) is 0 Å². The maximum Gasteiger partial charge on any atom is 0.379 e. The first-order valence-electron chi connectivity index (χ1n) is 4.70. The number of rotatable bonds is 4. The van der Waals surface area contributed by atoms with E-state index in [1.54, 1.807) is 6.92 Å². The van der Waals surface area contributed by atoms with Crippen molar-refractivity contribution in [3.05, 3.63) is 35.1 Å². The van der Waals surface area contributed by atoms with Gasteiger partial charge in [-0.1, -0.05) is 6.07 Å². The van der Waals surface area contributed by atoms with E-state index in [0.717, 1.165) is 12.1 Å². The molecule has 0 spiro atoms. The molecule has 0 aliphatic heterocycles. The molecule has 0 bridgehead atoms. The number of Topliss-reactive ketones (excluding diaryl/α,β-unsaturated/α-hetero) is 1. The summed E-state index contributed by atoms with van der Waals surface area (Å²) in [7, 11) is 0. The SMILES string of the molecule is CCOC(=O)C(=O)c1cc(CO)ccc1F. The molecule has 86 valence electrons. The van der Waals surface area contributed by atoms with Crippen LogP contribution in [-0.4, -0.2) is 23.5 Å². The van der Waals surface area contributed by atoms with E-state index in [4.69, 9.17) is 5.11 Å². The van der Waals surface area contributed by atoms with Crippen LogP contribution in [-0.2, 0) is 16.1 Å². The molecule has 0 atom stereocenters. The van der Waals surface area contributed by atoms with Crippen molar-refractivity contribution in [1.29, 1.82) is 0 Å². The lowest BCUT2D eigenvalue weighted by atomic mass is 10.1. The molecule has 0 saturated heterocycles. The number of aliphatic hydroxyl groups excluding tert-OH is 1. The number of hydrogen-bond donors (Lipinski definition) is 1. The number of ether oxygens (including phenoxy) is 1. The Labute approximate surface area is 91.7 Å². The van der Waals surface area contributed by atoms with Crippen LogP contribution in [0.3, 0.4) is 0 Å². The summed E-state index contributed by atoms with van der Waals surface area (Å²) in [5, 5.41) is 8.83. The second kappa shape index (κ2) is 5.37. The van der Waals surface area contributed by atoms with Crippen LogP contribution in [0.5, 0.6) is 0 Å². The first-order valence-corrected chi connectivity index (χ1v) is 4.70. The largest absolute Gasteiger partial charge is 0.460 e. The zero-order chi connectivity index (χ0) is 12.1. The second-order valence-electron chi connectivity index (χ2n) is 3.02. The highest BCUT2D eigenvalue weighted by Gasteiger charge is 2.21. The summed E-state index contributed by atoms with van der Waals surface area (Å²) in [6.07, 6.45) is 0. The third-order valence-electron chi connectivity index (χ3n) is 1.92. The topological polar surface area (TPSA) is 63.6 Å². The number of halogens is 1. The van der Waals surface area contributed by atoms with E-state index in [0.29, 0.717) is 5.56 Å². The molecular weight excluding hydrogens is 215 g/mol. The van der Waals surface area contributed by atoms with Gasteiger partial charge in [0.05, 0.1) is 18.8 Å². The molecule has 16 heavy (non-hydrogen) atoms. The minimum atomic E-state index is -1.10. The van der Waals surface area contributed by atoms with E-state index in [-0.39, 0.29) is 18.8 Å². The Morgan fingerprint density at radius 3 is 2.69 bits per heavy atom. The summed E-state index contributed by atoms with van der Waals surface area (Å²) in [6.45, 7) is 1.26. The molecule has 0 fully saturated rings. The molecule has 0 heterocycles. The van der Waals surface area contributed by atoms with Crippen molar-refractivity contribution in [3.8, 4) is 0 Å². The third-order valence-corrected chi connectivity index (χ3v) is 1.92. The molecule has 0 aliphatic rings. The molecule has 1 aromatic carbocycles. The molecule has 1 aromatic rings. The average molecular weight is 226 g/mol. The Morgan fingerprint density at radius 1 is 1.44 bits per heavy atom. The molecule has 1 rings (SSSR count). The van der Waals surface area contributed by atoms with Gasteiger partial charge in [-0.05, 0) is 24.6 Å². The van der Waals surface area contributed by atoms with Crippen LogP contribution in [0.2, 0.25) is 0 Å². The quantitative estimate of drug-likeness (QED) is 0.473. The van der Waals surface area contributed by atoms with Gasteiger partial charge in [0, 0.05) is 0 Å². The van der Waals surface area contributed by atoms with Crippen molar-refractivity contribution in [2.45, 2.75) is 13.5 Å². The van der Waals surface area contributed by atoms with Crippen molar-refractivity contribution in [1.82, 2.24) is 0 Å². The molecule has 0 aliphatic carbocycles. The highest BCUT2D eigenvalue weighted by Crippen LogP contribution is 2.12. The predicted molar refractivity (Wildman–Crippen MR) is 53.3 cm³/mol. The van der Waals surface area contributed by atoms with Gasteiger partial charge in [-0.15, -0.1) is 0 Å². The fourth-order valence-corrected chi connectivity index (χ4v) is 1.15. The van der Waals surface area contributed by atoms with Gasteiger partial charge in [0.25, 0.3) is 5.78 Å². The maximum atomic E-state index is 13.2. The minimum Gasteiger partial charge on any atom is -0.460 e. The number of benzene rings is 1. The maximum absolute atomic E-state index is 13.2. The average Bonchev–Trinajstić information content (AvgIpc) is 2.29. The lowest BCUT2D eigenvalue weighted by molar-refractivity contribution is -0.137. The zero-order valence-electron chi connectivity index (χ0n) is 8.70. The smallest absolute Gasteiger partial charge is 0.379 e. The van der Waals surface area contributed by atoms with Crippen LogP contribution >= 0.6 is 0 Å². The summed E-state index contributed by atoms with van der Waals surface area (Å²) in [6, 6.07) is 3.49. The number of carbonyl (C=O) groups excluding carboxylic acids is 2. The van der Waals surface area contributed by atoms with Crippen LogP contribution < -0.4 is 0 Å². The fraction of sp³-hybridized carbons (Fsp3) is 0.273. The monoisotopic (exact) mass is 226 g/mol. The third kappa shape index (κ3) is 2.64. The fourth-order valence-electron chi connectivity index (χ4n) is 1.15. The van der Waals surface area contributed by atoms with Gasteiger partial charge in [0.1, 0.15) is 5.82 Å². The molecule has 4 nitrogen and oxygen atoms in total. The Bertz CT molecular complexity index is 414. The minimum absolute atomic E-state index is 0.0475. The van der Waals surface area contributed by atoms with Gasteiger partial charge >= 0.3 is 5.97 Å². The highest BCUT2D eigenvalue weighted by atomic mass is 19.1. The van der Waals surface area contributed by atoms with E-state index in [1.165, 1.54) is 6.07 Å². The van der Waals surface area contributed by atoms with E-state index in [9.17, 15) is 14.0 Å². The van der Waals surface area contributed by atoms with E-state index >= 15 is 0 Å². The summed E-state index contributed by atoms with van der Waals surface area (Å²) in [4.78, 5) is 22.5. The second-order valence-corrected chi connectivity index (χ2v) is 3.02. The van der Waals surface area contributed by atoms with Crippen LogP contribution in [0, 0.1) is 5.82 Å². The lowest BCUT2D eigenvalue weighted by Gasteiger charge is -2.04. The number of hydrogen-bond acceptors (Lipinski definition) is 4. The van der Waals surface area contributed by atoms with Gasteiger partial charge in [0.15, 0.2) is 0 Å². The first-order chi connectivity index (χ1) is 7.60. The molecule has 0 saturated carbocycles. The molecule has 0 radical (unpaired) electrons. The van der Waals surface area contributed by atoms with Crippen LogP contribution in [0.4, 0.5) is 4.39 Å². The Balaban J connectivity index is 3.02. The van der Waals surface area contributed by atoms with Crippen LogP contribution in [0.1, 0.15) is 22.8 Å². The molecule has 5 heteroatoms. The Kier molecular flexibility index (Phi) is 4.13. The van der Waals surface area contributed by atoms with Crippen molar-refractivity contribution < 1.29 is 23.8 Å². The van der Waals surface area contributed by atoms with Crippen molar-refractivity contribution in [2.24, 2.45) is 0 Å². The summed E-state index contributed by atoms with van der Waals surface area (Å²) < 4.78 is 17.7. The zero-order valence-corrected chi connectivity index (χ0v) is 8.70. The van der Waals surface area contributed by atoms with Gasteiger partial charge in [0.2, 0.25) is 0 Å². The van der Waals surface area contributed by atoms with Crippen molar-refractivity contribution in [2.75, 3.05) is 6.61 Å². The lowest BCUT2D eigenvalue weighted by Crippen LogP contribution is -2.19. The Hall–Kier alpha value is -1.75. The van der Waals surface area contributed by atoms with Crippen LogP contribution in [0.15, 0.2) is 18.2 Å². The van der Waals surface area contributed by atoms with Gasteiger partial charge in [-0.2, -0.15) is 0 Å². The summed E-state index contributed by atoms with van der Waals surface area (Å²) in [5.74, 6) is -2.96. The molecule has 1 N–H and O–H groups in total. The standard InChI is InChI=1S/C11H11FO4/c1-2-16-11(15)10(14)8-5-7(6-13)3-4-9(8)12/h3-5,13H,2,6H2,1H3. The van der Waals surface area contributed by atoms with E-state index in [2.05, 4.69) is 4.74 Å². The predicted octanol–water partition coefficient (Wildman–Crippen LogP) is 1.06. The molecule has 0 aromatic heterocycles. The number of ketones is 1. The highest BCUT2D eigenvalue weighted by molar-refractivity contribution is 6.40. The Morgan fingerprint density at radius 2 is 2.12 bits per heavy atom. The van der Waals surface area contributed by atoms with Crippen molar-refractivity contribution >= 4 is 11.8 Å². The number of esters is 1. The molecule has 0 amide bonds. The van der Waals surface area contributed by atoms with Gasteiger partial charge < -0.3 is 9.84 Å². The van der Waals surface area contributed by atoms with Gasteiger partial charge in [-0.25, -0.2) is 9.18 Å². The van der Waals surface area contributed by atoms with E-state index < -0.39 is 17.6 Å². The van der Waals surface area contributed by atoms with Gasteiger partial charge in [-0.3, -0.25) is 4.79 Å². The first kappa shape index (κ1) is 12.3. The molecular formula is C11H11FO4.